The van der Waals surface area contributed by atoms with Crippen molar-refractivity contribution < 1.29 is 9.53 Å². The monoisotopic (exact) mass is 379 g/mol. The molecule has 3 unspecified atom stereocenters. The summed E-state index contributed by atoms with van der Waals surface area (Å²) in [6.07, 6.45) is 17.0. The summed E-state index contributed by atoms with van der Waals surface area (Å²) in [6.45, 7) is 0. The molecular weight excluding hydrogens is 358 g/mol. The maximum Gasteiger partial charge on any atom is 0.248 e. The number of thioether (sulfide) groups is 1. The third-order valence-electron chi connectivity index (χ3n) is 4.82. The van der Waals surface area contributed by atoms with E-state index in [0.29, 0.717) is 10.8 Å². The molecule has 0 saturated heterocycles. The van der Waals surface area contributed by atoms with Gasteiger partial charge in [0.1, 0.15) is 6.10 Å². The Balaban J connectivity index is 1.36. The van der Waals surface area contributed by atoms with Gasteiger partial charge in [-0.05, 0) is 49.3 Å². The lowest BCUT2D eigenvalue weighted by Crippen LogP contribution is -2.26. The van der Waals surface area contributed by atoms with E-state index in [-0.39, 0.29) is 12.0 Å². The molecular formula is C21H21N3O2S. The molecule has 1 amide bonds. The summed E-state index contributed by atoms with van der Waals surface area (Å²) < 4.78 is 7.66. The molecule has 3 atom stereocenters. The minimum atomic E-state index is -0.410. The van der Waals surface area contributed by atoms with Crippen molar-refractivity contribution in [1.82, 2.24) is 9.55 Å². The second-order valence-corrected chi connectivity index (χ2v) is 7.95. The number of carbonyl (C=O) groups excluding carboxylic acids is 1. The first-order chi connectivity index (χ1) is 13.2. The van der Waals surface area contributed by atoms with Crippen LogP contribution in [-0.4, -0.2) is 26.8 Å². The molecule has 4 rings (SSSR count). The lowest BCUT2D eigenvalue weighted by molar-refractivity contribution is -0.114. The lowest BCUT2D eigenvalue weighted by Gasteiger charge is -2.28. The van der Waals surface area contributed by atoms with Crippen molar-refractivity contribution in [2.24, 2.45) is 11.7 Å². The van der Waals surface area contributed by atoms with E-state index in [1.807, 2.05) is 28.6 Å². The van der Waals surface area contributed by atoms with Gasteiger partial charge in [-0.2, -0.15) is 0 Å². The molecule has 2 heterocycles. The number of hydrogen-bond donors (Lipinski definition) is 1. The molecule has 5 nitrogen and oxygen atoms in total. The van der Waals surface area contributed by atoms with Crippen LogP contribution >= 0.6 is 11.8 Å². The quantitative estimate of drug-likeness (QED) is 0.806. The number of nitrogens with zero attached hydrogens (tertiary/aromatic N) is 2. The fraction of sp³-hybridized carbons (Fsp3) is 0.238. The molecule has 2 aromatic rings. The minimum Gasteiger partial charge on any atom is -0.493 e. The van der Waals surface area contributed by atoms with Gasteiger partial charge in [0.25, 0.3) is 0 Å². The van der Waals surface area contributed by atoms with Crippen LogP contribution in [0.15, 0.2) is 84.0 Å². The summed E-state index contributed by atoms with van der Waals surface area (Å²) in [6, 6.07) is 8.52. The third kappa shape index (κ3) is 4.17. The van der Waals surface area contributed by atoms with E-state index >= 15 is 0 Å². The van der Waals surface area contributed by atoms with Gasteiger partial charge in [-0.3, -0.25) is 4.79 Å². The highest BCUT2D eigenvalue weighted by atomic mass is 32.2. The highest BCUT2D eigenvalue weighted by Crippen LogP contribution is 2.34. The van der Waals surface area contributed by atoms with Crippen LogP contribution in [0, 0.1) is 5.92 Å². The molecule has 0 bridgehead atoms. The predicted molar refractivity (Wildman–Crippen MR) is 106 cm³/mol. The maximum atomic E-state index is 11.4. The normalized spacial score (nSPS) is 24.3. The van der Waals surface area contributed by atoms with Gasteiger partial charge >= 0.3 is 0 Å². The van der Waals surface area contributed by atoms with E-state index in [1.165, 1.54) is 4.90 Å². The van der Waals surface area contributed by atoms with E-state index in [1.54, 1.807) is 24.9 Å². The first-order valence-electron chi connectivity index (χ1n) is 8.96. The Morgan fingerprint density at radius 1 is 1.22 bits per heavy atom. The Kier molecular flexibility index (Phi) is 5.16. The van der Waals surface area contributed by atoms with Gasteiger partial charge in [0.05, 0.1) is 12.6 Å². The molecule has 2 aliphatic rings. The number of amides is 1. The molecule has 1 aromatic carbocycles. The van der Waals surface area contributed by atoms with Gasteiger partial charge in [-0.15, -0.1) is 11.8 Å². The number of hydrogen-bond acceptors (Lipinski definition) is 4. The lowest BCUT2D eigenvalue weighted by atomic mass is 9.89. The third-order valence-corrected chi connectivity index (χ3v) is 6.06. The Morgan fingerprint density at radius 3 is 2.74 bits per heavy atom. The number of imidazole rings is 1. The Labute approximate surface area is 162 Å². The average Bonchev–Trinajstić information content (AvgIpc) is 3.24. The zero-order chi connectivity index (χ0) is 18.6. The van der Waals surface area contributed by atoms with Gasteiger partial charge in [-0.1, -0.05) is 12.2 Å². The molecule has 0 spiro atoms. The largest absolute Gasteiger partial charge is 0.493 e. The molecule has 138 valence electrons. The second kappa shape index (κ2) is 7.88. The molecule has 0 radical (unpaired) electrons. The fourth-order valence-electron chi connectivity index (χ4n) is 3.34. The van der Waals surface area contributed by atoms with Crippen molar-refractivity contribution in [3.05, 3.63) is 79.1 Å². The van der Waals surface area contributed by atoms with Crippen LogP contribution in [0.2, 0.25) is 0 Å². The zero-order valence-electron chi connectivity index (χ0n) is 14.8. The Bertz CT molecular complexity index is 885. The minimum absolute atomic E-state index is 0.117. The fourth-order valence-corrected chi connectivity index (χ4v) is 4.40. The van der Waals surface area contributed by atoms with E-state index < -0.39 is 5.91 Å². The summed E-state index contributed by atoms with van der Waals surface area (Å²) in [5.41, 5.74) is 7.00. The summed E-state index contributed by atoms with van der Waals surface area (Å²) >= 11 is 1.87. The molecule has 2 N–H and O–H groups in total. The standard InChI is InChI=1S/C21H21N3O2S/c22-21(25)16-9-12-26-20(13-16)15-1-5-18(6-2-15)27-19-7-3-17(4-8-19)24-11-10-23-14-24/h1,3-5,7-15,18,20H,2,6H2,(H2,22,25). The molecule has 1 aromatic heterocycles. The van der Waals surface area contributed by atoms with E-state index in [2.05, 4.69) is 41.4 Å². The summed E-state index contributed by atoms with van der Waals surface area (Å²) in [5, 5.41) is 0.444. The summed E-state index contributed by atoms with van der Waals surface area (Å²) in [4.78, 5) is 16.7. The topological polar surface area (TPSA) is 70.1 Å². The van der Waals surface area contributed by atoms with Crippen molar-refractivity contribution in [3.63, 3.8) is 0 Å². The number of nitrogens with two attached hydrogens (primary N) is 1. The SMILES string of the molecule is NC(=O)C1=CC(C2C=CC(Sc3ccc(-n4ccnc4)cc3)CC2)OC=C1. The molecule has 27 heavy (non-hydrogen) atoms. The van der Waals surface area contributed by atoms with Gasteiger partial charge in [-0.25, -0.2) is 4.98 Å². The van der Waals surface area contributed by atoms with Crippen LogP contribution in [0.1, 0.15) is 12.8 Å². The number of aromatic nitrogens is 2. The Hall–Kier alpha value is -2.73. The van der Waals surface area contributed by atoms with Crippen LogP contribution in [0.25, 0.3) is 5.69 Å². The summed E-state index contributed by atoms with van der Waals surface area (Å²) in [5.74, 6) is -0.142. The van der Waals surface area contributed by atoms with Crippen molar-refractivity contribution in [2.45, 2.75) is 29.1 Å². The molecule has 6 heteroatoms. The van der Waals surface area contributed by atoms with Crippen LogP contribution in [-0.2, 0) is 9.53 Å². The molecule has 1 aliphatic heterocycles. The van der Waals surface area contributed by atoms with Crippen molar-refractivity contribution in [3.8, 4) is 5.69 Å². The van der Waals surface area contributed by atoms with Gasteiger partial charge < -0.3 is 15.0 Å². The zero-order valence-corrected chi connectivity index (χ0v) is 15.6. The maximum absolute atomic E-state index is 11.4. The predicted octanol–water partition coefficient (Wildman–Crippen LogP) is 3.62. The number of primary amides is 1. The first-order valence-corrected chi connectivity index (χ1v) is 9.84. The smallest absolute Gasteiger partial charge is 0.248 e. The van der Waals surface area contributed by atoms with E-state index in [9.17, 15) is 4.79 Å². The highest BCUT2D eigenvalue weighted by Gasteiger charge is 2.25. The molecule has 0 fully saturated rings. The molecule has 0 saturated carbocycles. The van der Waals surface area contributed by atoms with E-state index in [4.69, 9.17) is 10.5 Å². The van der Waals surface area contributed by atoms with Crippen molar-refractivity contribution in [1.29, 1.82) is 0 Å². The van der Waals surface area contributed by atoms with E-state index in [0.717, 1.165) is 18.5 Å². The number of carbonyl (C=O) groups is 1. The first kappa shape index (κ1) is 17.7. The summed E-state index contributed by atoms with van der Waals surface area (Å²) in [7, 11) is 0. The van der Waals surface area contributed by atoms with Gasteiger partial charge in [0.2, 0.25) is 5.91 Å². The second-order valence-electron chi connectivity index (χ2n) is 6.64. The van der Waals surface area contributed by atoms with Crippen LogP contribution in [0.4, 0.5) is 0 Å². The van der Waals surface area contributed by atoms with Crippen LogP contribution < -0.4 is 5.73 Å². The van der Waals surface area contributed by atoms with Crippen molar-refractivity contribution >= 4 is 17.7 Å². The van der Waals surface area contributed by atoms with Crippen LogP contribution in [0.5, 0.6) is 0 Å². The number of rotatable bonds is 5. The average molecular weight is 379 g/mol. The van der Waals surface area contributed by atoms with Gasteiger partial charge in [0.15, 0.2) is 0 Å². The Morgan fingerprint density at radius 2 is 2.07 bits per heavy atom. The number of benzene rings is 1. The van der Waals surface area contributed by atoms with Crippen LogP contribution in [0.3, 0.4) is 0 Å². The number of ether oxygens (including phenoxy) is 1. The van der Waals surface area contributed by atoms with Gasteiger partial charge in [0, 0.05) is 39.7 Å². The molecule has 1 aliphatic carbocycles. The van der Waals surface area contributed by atoms with Crippen molar-refractivity contribution in [2.75, 3.05) is 0 Å². The highest BCUT2D eigenvalue weighted by molar-refractivity contribution is 8.00.